The smallest absolute Gasteiger partial charge is 0.344 e. The molecule has 0 aliphatic heterocycles. The predicted molar refractivity (Wildman–Crippen MR) is 67.5 cm³/mol. The van der Waals surface area contributed by atoms with E-state index >= 15 is 0 Å². The fourth-order valence-electron chi connectivity index (χ4n) is 1.66. The molecule has 0 aliphatic carbocycles. The van der Waals surface area contributed by atoms with Gasteiger partial charge in [0.1, 0.15) is 5.82 Å². The van der Waals surface area contributed by atoms with E-state index in [1.165, 1.54) is 32.4 Å². The van der Waals surface area contributed by atoms with E-state index in [9.17, 15) is 13.8 Å². The van der Waals surface area contributed by atoms with Crippen molar-refractivity contribution in [2.45, 2.75) is 12.1 Å². The van der Waals surface area contributed by atoms with Crippen molar-refractivity contribution in [2.75, 3.05) is 21.3 Å². The maximum Gasteiger partial charge on any atom is 0.344 e. The molecule has 0 aromatic heterocycles. The van der Waals surface area contributed by atoms with Gasteiger partial charge in [-0.05, 0) is 11.6 Å². The minimum absolute atomic E-state index is 0.127. The molecular formula is C12H16FO5P. The highest BCUT2D eigenvalue weighted by Crippen LogP contribution is 2.53. The van der Waals surface area contributed by atoms with Crippen LogP contribution in [0, 0.1) is 5.82 Å². The first-order valence-corrected chi connectivity index (χ1v) is 7.12. The van der Waals surface area contributed by atoms with Crippen molar-refractivity contribution >= 4 is 13.6 Å². The molecule has 106 valence electrons. The van der Waals surface area contributed by atoms with Gasteiger partial charge in [0.05, 0.1) is 7.11 Å². The Hall–Kier alpha value is -1.23. The second kappa shape index (κ2) is 6.80. The van der Waals surface area contributed by atoms with Gasteiger partial charge in [-0.25, -0.2) is 4.39 Å². The van der Waals surface area contributed by atoms with Crippen molar-refractivity contribution in [3.8, 4) is 0 Å². The lowest BCUT2D eigenvalue weighted by molar-refractivity contribution is -0.140. The molecular weight excluding hydrogens is 274 g/mol. The second-order valence-corrected chi connectivity index (χ2v) is 6.17. The first kappa shape index (κ1) is 15.8. The summed E-state index contributed by atoms with van der Waals surface area (Å²) in [5, 5.41) is 0. The third-order valence-corrected chi connectivity index (χ3v) is 4.91. The SMILES string of the molecule is COC(=O)C(Cc1ccccc1F)P(=O)(OC)OC. The van der Waals surface area contributed by atoms with Gasteiger partial charge < -0.3 is 13.8 Å². The number of carbonyl (C=O) groups is 1. The molecule has 1 unspecified atom stereocenters. The van der Waals surface area contributed by atoms with E-state index in [0.29, 0.717) is 0 Å². The molecule has 0 amide bonds. The van der Waals surface area contributed by atoms with Crippen LogP contribution in [0.2, 0.25) is 0 Å². The zero-order valence-electron chi connectivity index (χ0n) is 11.0. The van der Waals surface area contributed by atoms with Gasteiger partial charge in [-0.3, -0.25) is 9.36 Å². The highest BCUT2D eigenvalue weighted by Gasteiger charge is 2.41. The van der Waals surface area contributed by atoms with Gasteiger partial charge in [0, 0.05) is 20.6 Å². The Labute approximate surface area is 111 Å². The first-order chi connectivity index (χ1) is 8.98. The van der Waals surface area contributed by atoms with E-state index in [4.69, 9.17) is 9.05 Å². The Balaban J connectivity index is 3.10. The summed E-state index contributed by atoms with van der Waals surface area (Å²) < 4.78 is 40.1. The lowest BCUT2D eigenvalue weighted by Crippen LogP contribution is -2.26. The Morgan fingerprint density at radius 1 is 1.26 bits per heavy atom. The molecule has 5 nitrogen and oxygen atoms in total. The summed E-state index contributed by atoms with van der Waals surface area (Å²) in [4.78, 5) is 11.7. The molecule has 0 fully saturated rings. The van der Waals surface area contributed by atoms with E-state index < -0.39 is 25.0 Å². The third-order valence-electron chi connectivity index (χ3n) is 2.74. The summed E-state index contributed by atoms with van der Waals surface area (Å²) in [5.74, 6) is -1.26. The number of hydrogen-bond donors (Lipinski definition) is 0. The van der Waals surface area contributed by atoms with E-state index in [0.717, 1.165) is 7.11 Å². The summed E-state index contributed by atoms with van der Waals surface area (Å²) in [6, 6.07) is 5.91. The van der Waals surface area contributed by atoms with Gasteiger partial charge in [0.2, 0.25) is 0 Å². The topological polar surface area (TPSA) is 61.8 Å². The van der Waals surface area contributed by atoms with Crippen LogP contribution in [0.25, 0.3) is 0 Å². The van der Waals surface area contributed by atoms with Gasteiger partial charge in [-0.15, -0.1) is 0 Å². The van der Waals surface area contributed by atoms with Gasteiger partial charge in [0.15, 0.2) is 5.66 Å². The fraction of sp³-hybridized carbons (Fsp3) is 0.417. The Morgan fingerprint density at radius 3 is 2.32 bits per heavy atom. The summed E-state index contributed by atoms with van der Waals surface area (Å²) >= 11 is 0. The molecule has 0 aliphatic rings. The lowest BCUT2D eigenvalue weighted by Gasteiger charge is -2.22. The van der Waals surface area contributed by atoms with Gasteiger partial charge in [0.25, 0.3) is 0 Å². The molecule has 0 saturated carbocycles. The normalized spacial score (nSPS) is 13.1. The summed E-state index contributed by atoms with van der Waals surface area (Å²) in [6.45, 7) is 0. The number of benzene rings is 1. The molecule has 0 spiro atoms. The molecule has 0 bridgehead atoms. The number of rotatable bonds is 6. The molecule has 1 atom stereocenters. The van der Waals surface area contributed by atoms with Crippen molar-refractivity contribution in [1.29, 1.82) is 0 Å². The Kier molecular flexibility index (Phi) is 5.66. The van der Waals surface area contributed by atoms with Crippen molar-refractivity contribution in [3.05, 3.63) is 35.6 Å². The van der Waals surface area contributed by atoms with Crippen LogP contribution in [-0.2, 0) is 29.6 Å². The monoisotopic (exact) mass is 290 g/mol. The molecule has 1 aromatic rings. The van der Waals surface area contributed by atoms with Crippen LogP contribution in [0.15, 0.2) is 24.3 Å². The van der Waals surface area contributed by atoms with Crippen LogP contribution in [0.4, 0.5) is 4.39 Å². The summed E-state index contributed by atoms with van der Waals surface area (Å²) in [6.07, 6.45) is -0.127. The fourth-order valence-corrected chi connectivity index (χ4v) is 3.10. The molecule has 0 saturated heterocycles. The number of ether oxygens (including phenoxy) is 1. The van der Waals surface area contributed by atoms with Crippen molar-refractivity contribution in [1.82, 2.24) is 0 Å². The van der Waals surface area contributed by atoms with Crippen LogP contribution in [0.5, 0.6) is 0 Å². The van der Waals surface area contributed by atoms with E-state index in [1.54, 1.807) is 6.07 Å². The van der Waals surface area contributed by atoms with Crippen LogP contribution in [-0.4, -0.2) is 33.0 Å². The number of carbonyl (C=O) groups excluding carboxylic acids is 1. The van der Waals surface area contributed by atoms with E-state index in [2.05, 4.69) is 4.74 Å². The standard InChI is InChI=1S/C12H16FO5P/c1-16-12(14)11(19(15,17-2)18-3)8-9-6-4-5-7-10(9)13/h4-7,11H,8H2,1-3H3. The van der Waals surface area contributed by atoms with E-state index in [1.807, 2.05) is 0 Å². The maximum atomic E-state index is 13.6. The lowest BCUT2D eigenvalue weighted by atomic mass is 10.1. The summed E-state index contributed by atoms with van der Waals surface area (Å²) in [5.41, 5.74) is -0.961. The number of hydrogen-bond acceptors (Lipinski definition) is 5. The van der Waals surface area contributed by atoms with Gasteiger partial charge in [-0.1, -0.05) is 18.2 Å². The molecule has 19 heavy (non-hydrogen) atoms. The molecule has 0 heterocycles. The van der Waals surface area contributed by atoms with Crippen LogP contribution in [0.1, 0.15) is 5.56 Å². The van der Waals surface area contributed by atoms with Crippen molar-refractivity contribution in [3.63, 3.8) is 0 Å². The van der Waals surface area contributed by atoms with E-state index in [-0.39, 0.29) is 12.0 Å². The van der Waals surface area contributed by atoms with Crippen LogP contribution < -0.4 is 0 Å². The van der Waals surface area contributed by atoms with Crippen molar-refractivity contribution < 1.29 is 27.5 Å². The van der Waals surface area contributed by atoms with Crippen LogP contribution in [0.3, 0.4) is 0 Å². The Morgan fingerprint density at radius 2 is 1.84 bits per heavy atom. The third kappa shape index (κ3) is 3.62. The molecule has 7 heteroatoms. The van der Waals surface area contributed by atoms with Crippen LogP contribution >= 0.6 is 7.60 Å². The van der Waals surface area contributed by atoms with Crippen molar-refractivity contribution in [2.24, 2.45) is 0 Å². The minimum atomic E-state index is -3.69. The maximum absolute atomic E-state index is 13.6. The minimum Gasteiger partial charge on any atom is -0.468 e. The number of methoxy groups -OCH3 is 1. The highest BCUT2D eigenvalue weighted by molar-refractivity contribution is 7.55. The van der Waals surface area contributed by atoms with Gasteiger partial charge >= 0.3 is 13.6 Å². The first-order valence-electron chi connectivity index (χ1n) is 5.51. The number of esters is 1. The summed E-state index contributed by atoms with van der Waals surface area (Å²) in [7, 11) is -0.195. The zero-order valence-corrected chi connectivity index (χ0v) is 11.9. The predicted octanol–water partition coefficient (Wildman–Crippen LogP) is 2.40. The number of halogens is 1. The molecule has 1 aromatic carbocycles. The average Bonchev–Trinajstić information content (AvgIpc) is 2.44. The van der Waals surface area contributed by atoms with Gasteiger partial charge in [-0.2, -0.15) is 0 Å². The molecule has 0 radical (unpaired) electrons. The highest BCUT2D eigenvalue weighted by atomic mass is 31.2. The molecule has 0 N–H and O–H groups in total. The second-order valence-electron chi connectivity index (χ2n) is 3.74. The quantitative estimate of drug-likeness (QED) is 0.594. The largest absolute Gasteiger partial charge is 0.468 e. The zero-order chi connectivity index (χ0) is 14.5. The average molecular weight is 290 g/mol. The Bertz CT molecular complexity index is 483. The molecule has 1 rings (SSSR count).